The van der Waals surface area contributed by atoms with Crippen molar-refractivity contribution in [2.75, 3.05) is 20.2 Å². The van der Waals surface area contributed by atoms with Gasteiger partial charge < -0.3 is 9.64 Å². The first-order valence-corrected chi connectivity index (χ1v) is 6.64. The Bertz CT molecular complexity index is 496. The molecule has 1 aliphatic carbocycles. The molecule has 0 aliphatic heterocycles. The van der Waals surface area contributed by atoms with E-state index < -0.39 is 0 Å². The summed E-state index contributed by atoms with van der Waals surface area (Å²) in [4.78, 5) is 25.0. The van der Waals surface area contributed by atoms with Crippen LogP contribution in [0, 0.1) is 0 Å². The lowest BCUT2D eigenvalue weighted by Crippen LogP contribution is -2.31. The van der Waals surface area contributed by atoms with Crippen LogP contribution in [-0.4, -0.2) is 36.8 Å². The summed E-state index contributed by atoms with van der Waals surface area (Å²) in [6.45, 7) is 2.58. The third kappa shape index (κ3) is 3.13. The van der Waals surface area contributed by atoms with Crippen molar-refractivity contribution in [3.63, 3.8) is 0 Å². The second kappa shape index (κ2) is 5.87. The number of amides is 1. The Morgan fingerprint density at radius 1 is 1.37 bits per heavy atom. The second-order valence-electron chi connectivity index (χ2n) is 4.79. The van der Waals surface area contributed by atoms with Crippen LogP contribution in [0.5, 0.6) is 5.75 Å². The van der Waals surface area contributed by atoms with E-state index in [0.717, 1.165) is 24.0 Å². The topological polar surface area (TPSA) is 46.6 Å². The molecule has 0 aromatic heterocycles. The quantitative estimate of drug-likeness (QED) is 0.833. The Morgan fingerprint density at radius 2 is 2.16 bits per heavy atom. The minimum atomic E-state index is -0.0634. The van der Waals surface area contributed by atoms with E-state index in [0.29, 0.717) is 18.7 Å². The Hall–Kier alpha value is -1.84. The van der Waals surface area contributed by atoms with E-state index in [-0.39, 0.29) is 18.3 Å². The number of fused-ring (bicyclic) bond motifs is 1. The smallest absolute Gasteiger partial charge is 0.260 e. The molecule has 0 saturated carbocycles. The molecule has 4 heteroatoms. The van der Waals surface area contributed by atoms with Crippen LogP contribution in [0.4, 0.5) is 0 Å². The molecule has 0 radical (unpaired) electrons. The molecule has 0 saturated heterocycles. The predicted octanol–water partition coefficient (Wildman–Crippen LogP) is 2.06. The van der Waals surface area contributed by atoms with Gasteiger partial charge in [0.05, 0.1) is 0 Å². The van der Waals surface area contributed by atoms with E-state index in [1.54, 1.807) is 18.0 Å². The lowest BCUT2D eigenvalue weighted by Gasteiger charge is -2.17. The molecule has 102 valence electrons. The first-order valence-electron chi connectivity index (χ1n) is 6.64. The van der Waals surface area contributed by atoms with Crippen molar-refractivity contribution in [2.24, 2.45) is 0 Å². The molecule has 0 heterocycles. The molecule has 0 spiro atoms. The number of carbonyl (C=O) groups excluding carboxylic acids is 2. The van der Waals surface area contributed by atoms with E-state index >= 15 is 0 Å². The van der Waals surface area contributed by atoms with E-state index in [9.17, 15) is 9.59 Å². The highest BCUT2D eigenvalue weighted by Gasteiger charge is 2.18. The number of hydrogen-bond acceptors (Lipinski definition) is 3. The van der Waals surface area contributed by atoms with Crippen LogP contribution in [0.2, 0.25) is 0 Å². The predicted molar refractivity (Wildman–Crippen MR) is 72.5 cm³/mol. The lowest BCUT2D eigenvalue weighted by atomic mass is 9.90. The Labute approximate surface area is 113 Å². The van der Waals surface area contributed by atoms with Gasteiger partial charge in [-0.3, -0.25) is 9.59 Å². The maximum absolute atomic E-state index is 11.8. The molecule has 0 unspecified atom stereocenters. The molecule has 1 amide bonds. The highest BCUT2D eigenvalue weighted by Crippen LogP contribution is 2.25. The molecular formula is C15H19NO3. The largest absolute Gasteiger partial charge is 0.484 e. The second-order valence-corrected chi connectivity index (χ2v) is 4.79. The van der Waals surface area contributed by atoms with E-state index in [1.807, 2.05) is 19.1 Å². The van der Waals surface area contributed by atoms with Gasteiger partial charge in [0, 0.05) is 25.6 Å². The van der Waals surface area contributed by atoms with Crippen LogP contribution in [-0.2, 0) is 11.2 Å². The van der Waals surface area contributed by atoms with Crippen molar-refractivity contribution in [3.8, 4) is 5.75 Å². The van der Waals surface area contributed by atoms with E-state index in [2.05, 4.69) is 0 Å². The van der Waals surface area contributed by atoms with Gasteiger partial charge in [0.1, 0.15) is 5.75 Å². The maximum atomic E-state index is 11.8. The summed E-state index contributed by atoms with van der Waals surface area (Å²) in [6, 6.07) is 5.52. The van der Waals surface area contributed by atoms with Gasteiger partial charge >= 0.3 is 0 Å². The summed E-state index contributed by atoms with van der Waals surface area (Å²) in [7, 11) is 1.74. The zero-order valence-electron chi connectivity index (χ0n) is 11.4. The average Bonchev–Trinajstić information content (AvgIpc) is 2.44. The van der Waals surface area contributed by atoms with Gasteiger partial charge in [-0.2, -0.15) is 0 Å². The Morgan fingerprint density at radius 3 is 2.89 bits per heavy atom. The van der Waals surface area contributed by atoms with Gasteiger partial charge in [0.2, 0.25) is 0 Å². The molecule has 0 atom stereocenters. The molecule has 0 N–H and O–H groups in total. The molecule has 4 nitrogen and oxygen atoms in total. The SMILES string of the molecule is CCN(C)C(=O)COc1ccc2c(c1)C(=O)CCC2. The average molecular weight is 261 g/mol. The van der Waals surface area contributed by atoms with Gasteiger partial charge in [-0.25, -0.2) is 0 Å². The van der Waals surface area contributed by atoms with Gasteiger partial charge in [-0.15, -0.1) is 0 Å². The first-order chi connectivity index (χ1) is 9.11. The third-order valence-electron chi connectivity index (χ3n) is 3.49. The lowest BCUT2D eigenvalue weighted by molar-refractivity contribution is -0.131. The van der Waals surface area contributed by atoms with Crippen molar-refractivity contribution in [1.82, 2.24) is 4.90 Å². The molecule has 1 aromatic carbocycles. The third-order valence-corrected chi connectivity index (χ3v) is 3.49. The maximum Gasteiger partial charge on any atom is 0.260 e. The number of hydrogen-bond donors (Lipinski definition) is 0. The molecule has 19 heavy (non-hydrogen) atoms. The minimum absolute atomic E-state index is 0.0112. The van der Waals surface area contributed by atoms with Crippen molar-refractivity contribution in [2.45, 2.75) is 26.2 Å². The summed E-state index contributed by atoms with van der Waals surface area (Å²) >= 11 is 0. The fraction of sp³-hybridized carbons (Fsp3) is 0.467. The zero-order chi connectivity index (χ0) is 13.8. The number of Topliss-reactive ketones (excluding diaryl/α,β-unsaturated/α-hetero) is 1. The first kappa shape index (κ1) is 13.6. The summed E-state index contributed by atoms with van der Waals surface area (Å²) in [5, 5.41) is 0. The van der Waals surface area contributed by atoms with Crippen LogP contribution in [0.25, 0.3) is 0 Å². The number of likely N-dealkylation sites (N-methyl/N-ethyl adjacent to an activating group) is 1. The number of nitrogens with zero attached hydrogens (tertiary/aromatic N) is 1. The number of aryl methyl sites for hydroxylation is 1. The van der Waals surface area contributed by atoms with E-state index in [1.165, 1.54) is 0 Å². The summed E-state index contributed by atoms with van der Waals surface area (Å²) in [5.74, 6) is 0.696. The van der Waals surface area contributed by atoms with Crippen molar-refractivity contribution in [1.29, 1.82) is 0 Å². The van der Waals surface area contributed by atoms with Crippen LogP contribution >= 0.6 is 0 Å². The van der Waals surface area contributed by atoms with Crippen LogP contribution in [0.1, 0.15) is 35.7 Å². The molecule has 1 aromatic rings. The number of rotatable bonds is 4. The van der Waals surface area contributed by atoms with Gasteiger partial charge in [-0.1, -0.05) is 6.07 Å². The number of ketones is 1. The molecule has 2 rings (SSSR count). The molecule has 1 aliphatic rings. The minimum Gasteiger partial charge on any atom is -0.484 e. The standard InChI is InChI=1S/C15H19NO3/c1-3-16(2)15(18)10-19-12-8-7-11-5-4-6-14(17)13(11)9-12/h7-9H,3-6,10H2,1-2H3. The highest BCUT2D eigenvalue weighted by atomic mass is 16.5. The van der Waals surface area contributed by atoms with Gasteiger partial charge in [0.25, 0.3) is 5.91 Å². The number of carbonyl (C=O) groups is 2. The monoisotopic (exact) mass is 261 g/mol. The molecule has 0 fully saturated rings. The zero-order valence-corrected chi connectivity index (χ0v) is 11.4. The number of benzene rings is 1. The van der Waals surface area contributed by atoms with Crippen LogP contribution in [0.3, 0.4) is 0 Å². The fourth-order valence-corrected chi connectivity index (χ4v) is 2.13. The Balaban J connectivity index is 2.04. The van der Waals surface area contributed by atoms with Crippen molar-refractivity contribution >= 4 is 11.7 Å². The Kier molecular flexibility index (Phi) is 4.20. The van der Waals surface area contributed by atoms with Gasteiger partial charge in [0.15, 0.2) is 12.4 Å². The van der Waals surface area contributed by atoms with Crippen molar-refractivity contribution in [3.05, 3.63) is 29.3 Å². The summed E-state index contributed by atoms with van der Waals surface area (Å²) in [6.07, 6.45) is 2.47. The van der Waals surface area contributed by atoms with Gasteiger partial charge in [-0.05, 0) is 37.5 Å². The van der Waals surface area contributed by atoms with E-state index in [4.69, 9.17) is 4.74 Å². The van der Waals surface area contributed by atoms with Crippen molar-refractivity contribution < 1.29 is 14.3 Å². The molecule has 0 bridgehead atoms. The number of ether oxygens (including phenoxy) is 1. The van der Waals surface area contributed by atoms with Crippen LogP contribution in [0.15, 0.2) is 18.2 Å². The highest BCUT2D eigenvalue weighted by molar-refractivity contribution is 5.98. The van der Waals surface area contributed by atoms with Crippen LogP contribution < -0.4 is 4.74 Å². The summed E-state index contributed by atoms with van der Waals surface area (Å²) < 4.78 is 5.46. The summed E-state index contributed by atoms with van der Waals surface area (Å²) in [5.41, 5.74) is 1.83. The fourth-order valence-electron chi connectivity index (χ4n) is 2.13. The molecular weight excluding hydrogens is 242 g/mol. The normalized spacial score (nSPS) is 13.9.